The third-order valence-corrected chi connectivity index (χ3v) is 3.85. The van der Waals surface area contributed by atoms with Crippen LogP contribution in [-0.4, -0.2) is 20.9 Å². The zero-order valence-electron chi connectivity index (χ0n) is 11.8. The Morgan fingerprint density at radius 2 is 2.30 bits per heavy atom. The highest BCUT2D eigenvalue weighted by Crippen LogP contribution is 2.39. The number of benzene rings is 1. The van der Waals surface area contributed by atoms with Gasteiger partial charge in [0.15, 0.2) is 12.2 Å². The molecule has 0 radical (unpaired) electrons. The first-order valence-electron chi connectivity index (χ1n) is 6.91. The molecule has 1 aromatic carbocycles. The van der Waals surface area contributed by atoms with E-state index in [-0.39, 0.29) is 11.7 Å². The lowest BCUT2D eigenvalue weighted by molar-refractivity contribution is 0.0661. The summed E-state index contributed by atoms with van der Waals surface area (Å²) in [6.45, 7) is 0.357. The highest BCUT2D eigenvalue weighted by atomic mass is 16.5. The van der Waals surface area contributed by atoms with E-state index in [2.05, 4.69) is 16.2 Å². The Bertz CT molecular complexity index is 894. The van der Waals surface area contributed by atoms with Crippen molar-refractivity contribution < 1.29 is 13.7 Å². The number of carbonyl (C=O) groups excluding carboxylic acids is 1. The average Bonchev–Trinajstić information content (AvgIpc) is 3.31. The second-order valence-electron chi connectivity index (χ2n) is 5.14. The Morgan fingerprint density at radius 3 is 3.00 bits per heavy atom. The van der Waals surface area contributed by atoms with Crippen molar-refractivity contribution in [3.63, 3.8) is 0 Å². The molecule has 0 saturated carbocycles. The maximum absolute atomic E-state index is 12.7. The molecular formula is C16H10N4O3. The SMILES string of the molecule is N#Cc1ccc2c(c1)CN(C(=O)c1ccno1)[C@H]2c1cnco1. The number of nitrogens with zero attached hydrogens (tertiary/aromatic N) is 4. The van der Waals surface area contributed by atoms with E-state index in [0.29, 0.717) is 17.9 Å². The first kappa shape index (κ1) is 13.3. The Hall–Kier alpha value is -3.40. The summed E-state index contributed by atoms with van der Waals surface area (Å²) in [4.78, 5) is 18.3. The molecule has 4 rings (SSSR count). The van der Waals surface area contributed by atoms with E-state index >= 15 is 0 Å². The maximum Gasteiger partial charge on any atom is 0.293 e. The quantitative estimate of drug-likeness (QED) is 0.720. The summed E-state index contributed by atoms with van der Waals surface area (Å²) in [7, 11) is 0. The molecule has 7 nitrogen and oxygen atoms in total. The van der Waals surface area contributed by atoms with E-state index in [9.17, 15) is 4.79 Å². The lowest BCUT2D eigenvalue weighted by Crippen LogP contribution is -2.29. The minimum atomic E-state index is -0.405. The zero-order chi connectivity index (χ0) is 15.8. The highest BCUT2D eigenvalue weighted by molar-refractivity contribution is 5.92. The first-order valence-corrected chi connectivity index (χ1v) is 6.91. The molecule has 3 heterocycles. The van der Waals surface area contributed by atoms with Gasteiger partial charge in [-0.25, -0.2) is 4.98 Å². The predicted molar refractivity (Wildman–Crippen MR) is 75.9 cm³/mol. The summed E-state index contributed by atoms with van der Waals surface area (Å²) < 4.78 is 10.4. The predicted octanol–water partition coefficient (Wildman–Crippen LogP) is 2.28. The van der Waals surface area contributed by atoms with Crippen LogP contribution in [0.2, 0.25) is 0 Å². The van der Waals surface area contributed by atoms with Crippen molar-refractivity contribution in [2.75, 3.05) is 0 Å². The van der Waals surface area contributed by atoms with Crippen LogP contribution in [0.4, 0.5) is 0 Å². The normalized spacial score (nSPS) is 16.1. The standard InChI is InChI=1S/C16H10N4O3/c17-6-10-1-2-12-11(5-10)8-20(15(12)14-7-18-9-22-14)16(21)13-3-4-19-23-13/h1-5,7,9,15H,8H2/t15-/m1/s1. The van der Waals surface area contributed by atoms with Gasteiger partial charge in [-0.1, -0.05) is 11.2 Å². The van der Waals surface area contributed by atoms with Crippen molar-refractivity contribution in [2.24, 2.45) is 0 Å². The van der Waals surface area contributed by atoms with Gasteiger partial charge in [0.05, 0.1) is 24.0 Å². The van der Waals surface area contributed by atoms with Gasteiger partial charge in [0, 0.05) is 12.6 Å². The van der Waals surface area contributed by atoms with Crippen LogP contribution in [0.5, 0.6) is 0 Å². The molecular weight excluding hydrogens is 296 g/mol. The molecule has 23 heavy (non-hydrogen) atoms. The van der Waals surface area contributed by atoms with Crippen LogP contribution in [0.3, 0.4) is 0 Å². The molecule has 0 N–H and O–H groups in total. The minimum absolute atomic E-state index is 0.155. The number of nitriles is 1. The number of carbonyl (C=O) groups is 1. The van der Waals surface area contributed by atoms with Crippen LogP contribution in [-0.2, 0) is 6.54 Å². The van der Waals surface area contributed by atoms with E-state index in [1.54, 1.807) is 23.2 Å². The third kappa shape index (κ3) is 2.08. The van der Waals surface area contributed by atoms with Crippen LogP contribution >= 0.6 is 0 Å². The monoisotopic (exact) mass is 306 g/mol. The van der Waals surface area contributed by atoms with Crippen molar-refractivity contribution in [1.82, 2.24) is 15.0 Å². The molecule has 1 amide bonds. The molecule has 0 spiro atoms. The molecule has 0 aliphatic carbocycles. The fraction of sp³-hybridized carbons (Fsp3) is 0.125. The second-order valence-corrected chi connectivity index (χ2v) is 5.14. The molecule has 2 aromatic heterocycles. The smallest absolute Gasteiger partial charge is 0.293 e. The summed E-state index contributed by atoms with van der Waals surface area (Å²) in [6.07, 6.45) is 4.33. The van der Waals surface area contributed by atoms with Gasteiger partial charge in [-0.05, 0) is 23.3 Å². The highest BCUT2D eigenvalue weighted by Gasteiger charge is 2.38. The minimum Gasteiger partial charge on any atom is -0.446 e. The summed E-state index contributed by atoms with van der Waals surface area (Å²) in [5.41, 5.74) is 2.36. The Morgan fingerprint density at radius 1 is 1.39 bits per heavy atom. The Kier molecular flexibility index (Phi) is 2.95. The van der Waals surface area contributed by atoms with Gasteiger partial charge in [0.1, 0.15) is 6.04 Å². The van der Waals surface area contributed by atoms with E-state index in [4.69, 9.17) is 14.2 Å². The van der Waals surface area contributed by atoms with Crippen LogP contribution < -0.4 is 0 Å². The van der Waals surface area contributed by atoms with Crippen molar-refractivity contribution in [1.29, 1.82) is 5.26 Å². The molecule has 3 aromatic rings. The summed E-state index contributed by atoms with van der Waals surface area (Å²) in [5.74, 6) is 0.419. The van der Waals surface area contributed by atoms with E-state index < -0.39 is 6.04 Å². The second kappa shape index (κ2) is 5.10. The van der Waals surface area contributed by atoms with Crippen LogP contribution in [0.15, 0.2) is 52.0 Å². The molecule has 0 fully saturated rings. The van der Waals surface area contributed by atoms with Crippen LogP contribution in [0.1, 0.15) is 39.0 Å². The molecule has 1 aliphatic heterocycles. The molecule has 0 bridgehead atoms. The molecule has 0 saturated heterocycles. The number of hydrogen-bond donors (Lipinski definition) is 0. The van der Waals surface area contributed by atoms with Gasteiger partial charge in [-0.2, -0.15) is 5.26 Å². The van der Waals surface area contributed by atoms with E-state index in [0.717, 1.165) is 11.1 Å². The van der Waals surface area contributed by atoms with Crippen molar-refractivity contribution >= 4 is 5.91 Å². The van der Waals surface area contributed by atoms with Crippen molar-refractivity contribution in [3.05, 3.63) is 71.3 Å². The van der Waals surface area contributed by atoms with Gasteiger partial charge in [-0.15, -0.1) is 0 Å². The number of amides is 1. The van der Waals surface area contributed by atoms with Crippen molar-refractivity contribution in [2.45, 2.75) is 12.6 Å². The number of aromatic nitrogens is 2. The molecule has 0 unspecified atom stereocenters. The summed E-state index contributed by atoms with van der Waals surface area (Å²) in [5, 5.41) is 12.6. The topological polar surface area (TPSA) is 96.2 Å². The molecule has 112 valence electrons. The lowest BCUT2D eigenvalue weighted by atomic mass is 10.0. The van der Waals surface area contributed by atoms with Crippen LogP contribution in [0.25, 0.3) is 0 Å². The zero-order valence-corrected chi connectivity index (χ0v) is 11.8. The fourth-order valence-electron chi connectivity index (χ4n) is 2.85. The average molecular weight is 306 g/mol. The maximum atomic E-state index is 12.7. The van der Waals surface area contributed by atoms with Crippen LogP contribution in [0, 0.1) is 11.3 Å². The van der Waals surface area contributed by atoms with E-state index in [1.165, 1.54) is 18.7 Å². The summed E-state index contributed by atoms with van der Waals surface area (Å²) >= 11 is 0. The number of hydrogen-bond acceptors (Lipinski definition) is 6. The van der Waals surface area contributed by atoms with Gasteiger partial charge >= 0.3 is 0 Å². The third-order valence-electron chi connectivity index (χ3n) is 3.85. The number of fused-ring (bicyclic) bond motifs is 1. The molecule has 1 aliphatic rings. The number of rotatable bonds is 2. The van der Waals surface area contributed by atoms with Crippen molar-refractivity contribution in [3.8, 4) is 6.07 Å². The first-order chi connectivity index (χ1) is 11.3. The van der Waals surface area contributed by atoms with E-state index in [1.807, 2.05) is 6.07 Å². The summed E-state index contributed by atoms with van der Waals surface area (Å²) in [6, 6.07) is 8.58. The molecule has 7 heteroatoms. The molecule has 1 atom stereocenters. The number of oxazole rings is 1. The Labute approximate surface area is 130 Å². The largest absolute Gasteiger partial charge is 0.446 e. The van der Waals surface area contributed by atoms with Gasteiger partial charge in [-0.3, -0.25) is 4.79 Å². The fourth-order valence-corrected chi connectivity index (χ4v) is 2.85. The lowest BCUT2D eigenvalue weighted by Gasteiger charge is -2.22. The van der Waals surface area contributed by atoms with Gasteiger partial charge in [0.25, 0.3) is 5.91 Å². The Balaban J connectivity index is 1.80. The van der Waals surface area contributed by atoms with Gasteiger partial charge < -0.3 is 13.8 Å². The van der Waals surface area contributed by atoms with Gasteiger partial charge in [0.2, 0.25) is 5.76 Å².